The summed E-state index contributed by atoms with van der Waals surface area (Å²) in [6.45, 7) is 6.19. The zero-order valence-electron chi connectivity index (χ0n) is 20.2. The lowest BCUT2D eigenvalue weighted by Crippen LogP contribution is -2.34. The highest BCUT2D eigenvalue weighted by atomic mass is 16.2. The summed E-state index contributed by atoms with van der Waals surface area (Å²) in [6.07, 6.45) is 12.2. The van der Waals surface area contributed by atoms with Crippen molar-refractivity contribution in [3.63, 3.8) is 0 Å². The van der Waals surface area contributed by atoms with Gasteiger partial charge < -0.3 is 9.80 Å². The number of hydrogen-bond acceptors (Lipinski definition) is 1. The van der Waals surface area contributed by atoms with Crippen molar-refractivity contribution in [2.45, 2.75) is 90.1 Å². The molecule has 2 aromatic carbocycles. The van der Waals surface area contributed by atoms with Gasteiger partial charge in [0.15, 0.2) is 0 Å². The van der Waals surface area contributed by atoms with Crippen LogP contribution in [-0.4, -0.2) is 28.9 Å². The lowest BCUT2D eigenvalue weighted by atomic mass is 9.92. The number of nitrogens with zero attached hydrogens (tertiary/aromatic N) is 2. The fourth-order valence-electron chi connectivity index (χ4n) is 5.01. The molecule has 3 rings (SSSR count). The number of amides is 2. The molecule has 3 nitrogen and oxygen atoms in total. The largest absolute Gasteiger partial charge is 0.321 e. The number of urea groups is 1. The van der Waals surface area contributed by atoms with E-state index in [4.69, 9.17) is 0 Å². The molecule has 1 saturated heterocycles. The van der Waals surface area contributed by atoms with Gasteiger partial charge in [0.2, 0.25) is 0 Å². The van der Waals surface area contributed by atoms with E-state index in [2.05, 4.69) is 84.3 Å². The Labute approximate surface area is 195 Å². The van der Waals surface area contributed by atoms with Gasteiger partial charge >= 0.3 is 6.03 Å². The van der Waals surface area contributed by atoms with Crippen LogP contribution in [0.4, 0.5) is 4.79 Å². The molecule has 1 heterocycles. The molecular weight excluding hydrogens is 392 g/mol. The predicted octanol–water partition coefficient (Wildman–Crippen LogP) is 8.15. The summed E-state index contributed by atoms with van der Waals surface area (Å²) in [6, 6.07) is 21.7. The molecule has 2 unspecified atom stereocenters. The molecule has 32 heavy (non-hydrogen) atoms. The van der Waals surface area contributed by atoms with Crippen molar-refractivity contribution in [2.24, 2.45) is 0 Å². The van der Waals surface area contributed by atoms with Crippen molar-refractivity contribution in [3.05, 3.63) is 71.8 Å². The minimum atomic E-state index is 0.0768. The minimum Gasteiger partial charge on any atom is -0.315 e. The normalized spacial score (nSPS) is 18.5. The molecule has 2 amide bonds. The summed E-state index contributed by atoms with van der Waals surface area (Å²) >= 11 is 0. The second-order valence-corrected chi connectivity index (χ2v) is 9.21. The first-order valence-electron chi connectivity index (χ1n) is 12.9. The van der Waals surface area contributed by atoms with E-state index in [-0.39, 0.29) is 18.1 Å². The van der Waals surface area contributed by atoms with Crippen molar-refractivity contribution < 1.29 is 4.79 Å². The maximum Gasteiger partial charge on any atom is 0.321 e. The quantitative estimate of drug-likeness (QED) is 0.275. The van der Waals surface area contributed by atoms with Crippen LogP contribution in [0.15, 0.2) is 60.7 Å². The maximum absolute atomic E-state index is 13.8. The first kappa shape index (κ1) is 24.4. The maximum atomic E-state index is 13.8. The van der Waals surface area contributed by atoms with Crippen LogP contribution in [0.5, 0.6) is 0 Å². The van der Waals surface area contributed by atoms with Gasteiger partial charge in [-0.3, -0.25) is 0 Å². The van der Waals surface area contributed by atoms with Crippen molar-refractivity contribution in [3.8, 4) is 0 Å². The van der Waals surface area contributed by atoms with E-state index in [0.29, 0.717) is 0 Å². The number of carbonyl (C=O) groups is 1. The molecule has 1 fully saturated rings. The van der Waals surface area contributed by atoms with Crippen LogP contribution in [0.25, 0.3) is 0 Å². The van der Waals surface area contributed by atoms with Crippen molar-refractivity contribution in [2.75, 3.05) is 13.1 Å². The Hall–Kier alpha value is -2.29. The van der Waals surface area contributed by atoms with E-state index in [1.165, 1.54) is 62.5 Å². The van der Waals surface area contributed by atoms with Crippen molar-refractivity contribution >= 4 is 6.03 Å². The molecule has 0 bridgehead atoms. The molecule has 0 saturated carbocycles. The van der Waals surface area contributed by atoms with Gasteiger partial charge in [-0.2, -0.15) is 0 Å². The summed E-state index contributed by atoms with van der Waals surface area (Å²) in [5.41, 5.74) is 2.49. The number of carbonyl (C=O) groups excluding carboxylic acids is 1. The molecule has 0 aliphatic carbocycles. The highest BCUT2D eigenvalue weighted by molar-refractivity contribution is 5.79. The minimum absolute atomic E-state index is 0.0768. The van der Waals surface area contributed by atoms with Crippen LogP contribution < -0.4 is 0 Å². The molecule has 0 aromatic heterocycles. The fraction of sp³-hybridized carbons (Fsp3) is 0.552. The first-order chi connectivity index (χ1) is 15.8. The first-order valence-corrected chi connectivity index (χ1v) is 12.9. The molecule has 174 valence electrons. The number of hydrogen-bond donors (Lipinski definition) is 0. The molecule has 2 aromatic rings. The third-order valence-corrected chi connectivity index (χ3v) is 6.75. The second kappa shape index (κ2) is 13.3. The molecule has 1 aliphatic rings. The van der Waals surface area contributed by atoms with Crippen LogP contribution >= 0.6 is 0 Å². The van der Waals surface area contributed by atoms with Crippen molar-refractivity contribution in [1.82, 2.24) is 9.80 Å². The molecule has 2 atom stereocenters. The summed E-state index contributed by atoms with van der Waals surface area (Å²) < 4.78 is 0. The van der Waals surface area contributed by atoms with Gasteiger partial charge in [0.25, 0.3) is 0 Å². The third kappa shape index (κ3) is 6.37. The van der Waals surface area contributed by atoms with E-state index < -0.39 is 0 Å². The molecule has 3 heteroatoms. The summed E-state index contributed by atoms with van der Waals surface area (Å²) in [4.78, 5) is 18.1. The van der Waals surface area contributed by atoms with Crippen LogP contribution in [0.2, 0.25) is 0 Å². The van der Waals surface area contributed by atoms with Gasteiger partial charge in [0.05, 0.1) is 12.1 Å². The standard InChI is InChI=1S/C29H42N2O/c1-3-5-7-9-17-23-30-27(25-19-13-11-14-20-25)28(26-21-15-12-16-22-26)31(29(30)32)24-18-10-8-6-4-2/h11-16,19-22,27-28H,3-10,17-18,23-24H2,1-2H3. The SMILES string of the molecule is CCCCCCCN1C(=O)N(CCCCCCC)C(c2ccccc2)C1c1ccccc1. The monoisotopic (exact) mass is 434 g/mol. The zero-order valence-corrected chi connectivity index (χ0v) is 20.2. The average molecular weight is 435 g/mol. The van der Waals surface area contributed by atoms with E-state index in [9.17, 15) is 4.79 Å². The smallest absolute Gasteiger partial charge is 0.315 e. The summed E-state index contributed by atoms with van der Waals surface area (Å²) in [7, 11) is 0. The highest BCUT2D eigenvalue weighted by Gasteiger charge is 2.46. The number of rotatable bonds is 14. The van der Waals surface area contributed by atoms with E-state index >= 15 is 0 Å². The lowest BCUT2D eigenvalue weighted by molar-refractivity contribution is 0.183. The molecule has 0 radical (unpaired) electrons. The van der Waals surface area contributed by atoms with Crippen LogP contribution in [-0.2, 0) is 0 Å². The van der Waals surface area contributed by atoms with Gasteiger partial charge in [0.1, 0.15) is 0 Å². The van der Waals surface area contributed by atoms with Gasteiger partial charge in [-0.1, -0.05) is 126 Å². The van der Waals surface area contributed by atoms with Crippen molar-refractivity contribution in [1.29, 1.82) is 0 Å². The average Bonchev–Trinajstić information content (AvgIpc) is 3.11. The van der Waals surface area contributed by atoms with Crippen LogP contribution in [0.1, 0.15) is 101 Å². The summed E-state index contributed by atoms with van der Waals surface area (Å²) in [5.74, 6) is 0. The molecule has 1 aliphatic heterocycles. The Morgan fingerprint density at radius 1 is 0.562 bits per heavy atom. The van der Waals surface area contributed by atoms with Gasteiger partial charge in [-0.25, -0.2) is 4.79 Å². The number of benzene rings is 2. The third-order valence-electron chi connectivity index (χ3n) is 6.75. The fourth-order valence-corrected chi connectivity index (χ4v) is 5.01. The Morgan fingerprint density at radius 3 is 1.31 bits per heavy atom. The molecule has 0 N–H and O–H groups in total. The highest BCUT2D eigenvalue weighted by Crippen LogP contribution is 2.45. The number of unbranched alkanes of at least 4 members (excludes halogenated alkanes) is 8. The van der Waals surface area contributed by atoms with Gasteiger partial charge in [0, 0.05) is 13.1 Å². The second-order valence-electron chi connectivity index (χ2n) is 9.21. The topological polar surface area (TPSA) is 23.6 Å². The Bertz CT molecular complexity index is 711. The molecular formula is C29H42N2O. The van der Waals surface area contributed by atoms with Crippen LogP contribution in [0.3, 0.4) is 0 Å². The van der Waals surface area contributed by atoms with E-state index in [0.717, 1.165) is 25.9 Å². The van der Waals surface area contributed by atoms with Crippen LogP contribution in [0, 0.1) is 0 Å². The van der Waals surface area contributed by atoms with Gasteiger partial charge in [-0.05, 0) is 24.0 Å². The van der Waals surface area contributed by atoms with E-state index in [1.807, 2.05) is 0 Å². The molecule has 0 spiro atoms. The Morgan fingerprint density at radius 2 is 0.938 bits per heavy atom. The van der Waals surface area contributed by atoms with Gasteiger partial charge in [-0.15, -0.1) is 0 Å². The zero-order chi connectivity index (χ0) is 22.6. The Balaban J connectivity index is 1.84. The summed E-state index contributed by atoms with van der Waals surface area (Å²) in [5, 5.41) is 0. The van der Waals surface area contributed by atoms with E-state index in [1.54, 1.807) is 0 Å². The Kier molecular flexibility index (Phi) is 10.1. The predicted molar refractivity (Wildman–Crippen MR) is 135 cm³/mol. The lowest BCUT2D eigenvalue weighted by Gasteiger charge is -2.29.